The van der Waals surface area contributed by atoms with Gasteiger partial charge in [0.05, 0.1) is 0 Å². The number of aromatic nitrogens is 2. The minimum Gasteiger partial charge on any atom is -0.354 e. The standard InChI is InChI=1S/C9H8Cl2N4S/c10-7-6(5-12)13-9(11)14-8(7)15-1-3-16-4-2-15/h1-4H2. The molecule has 0 spiro atoms. The smallest absolute Gasteiger partial charge is 0.225 e. The van der Waals surface area contributed by atoms with Gasteiger partial charge in [-0.15, -0.1) is 0 Å². The quantitative estimate of drug-likeness (QED) is 0.735. The van der Waals surface area contributed by atoms with E-state index in [9.17, 15) is 0 Å². The summed E-state index contributed by atoms with van der Waals surface area (Å²) in [5, 5.41) is 9.21. The monoisotopic (exact) mass is 274 g/mol. The minimum absolute atomic E-state index is 0.0641. The molecule has 1 fully saturated rings. The lowest BCUT2D eigenvalue weighted by Crippen LogP contribution is -2.33. The van der Waals surface area contributed by atoms with Gasteiger partial charge in [-0.05, 0) is 11.6 Å². The van der Waals surface area contributed by atoms with Gasteiger partial charge in [-0.25, -0.2) is 4.98 Å². The van der Waals surface area contributed by atoms with Crippen LogP contribution >= 0.6 is 35.0 Å². The molecule has 0 amide bonds. The van der Waals surface area contributed by atoms with Gasteiger partial charge in [0.1, 0.15) is 11.1 Å². The number of anilines is 1. The number of rotatable bonds is 1. The molecule has 1 aromatic rings. The molecule has 16 heavy (non-hydrogen) atoms. The summed E-state index contributed by atoms with van der Waals surface area (Å²) in [7, 11) is 0. The summed E-state index contributed by atoms with van der Waals surface area (Å²) in [5.74, 6) is 2.62. The van der Waals surface area contributed by atoms with Crippen LogP contribution in [-0.4, -0.2) is 34.6 Å². The molecule has 84 valence electrons. The van der Waals surface area contributed by atoms with Gasteiger partial charge in [-0.2, -0.15) is 22.0 Å². The molecule has 1 saturated heterocycles. The third kappa shape index (κ3) is 2.34. The Morgan fingerprint density at radius 1 is 1.25 bits per heavy atom. The first-order valence-electron chi connectivity index (χ1n) is 4.68. The van der Waals surface area contributed by atoms with Gasteiger partial charge in [0.2, 0.25) is 5.28 Å². The van der Waals surface area contributed by atoms with Crippen molar-refractivity contribution in [2.24, 2.45) is 0 Å². The van der Waals surface area contributed by atoms with Gasteiger partial charge >= 0.3 is 0 Å². The molecule has 1 aliphatic rings. The van der Waals surface area contributed by atoms with Crippen molar-refractivity contribution >= 4 is 40.8 Å². The number of hydrogen-bond acceptors (Lipinski definition) is 5. The van der Waals surface area contributed by atoms with Crippen molar-refractivity contribution < 1.29 is 0 Å². The highest BCUT2D eigenvalue weighted by molar-refractivity contribution is 7.99. The van der Waals surface area contributed by atoms with Crippen LogP contribution in [-0.2, 0) is 0 Å². The lowest BCUT2D eigenvalue weighted by molar-refractivity contribution is 0.834. The van der Waals surface area contributed by atoms with Gasteiger partial charge in [0.15, 0.2) is 11.5 Å². The number of nitriles is 1. The second kappa shape index (κ2) is 5.09. The lowest BCUT2D eigenvalue weighted by atomic mass is 10.3. The zero-order valence-corrected chi connectivity index (χ0v) is 10.6. The molecular weight excluding hydrogens is 267 g/mol. The molecule has 0 aliphatic carbocycles. The van der Waals surface area contributed by atoms with Crippen LogP contribution in [0.5, 0.6) is 0 Å². The maximum absolute atomic E-state index is 8.86. The second-order valence-corrected chi connectivity index (χ2v) is 5.13. The molecule has 0 radical (unpaired) electrons. The predicted molar refractivity (Wildman–Crippen MR) is 66.3 cm³/mol. The molecule has 1 aliphatic heterocycles. The largest absolute Gasteiger partial charge is 0.354 e. The first kappa shape index (κ1) is 11.8. The van der Waals surface area contributed by atoms with E-state index in [0.29, 0.717) is 10.8 Å². The van der Waals surface area contributed by atoms with E-state index in [1.807, 2.05) is 22.7 Å². The molecule has 7 heteroatoms. The summed E-state index contributed by atoms with van der Waals surface area (Å²) in [6.45, 7) is 1.73. The Labute approximate surface area is 108 Å². The van der Waals surface area contributed by atoms with Crippen LogP contribution in [0, 0.1) is 11.3 Å². The van der Waals surface area contributed by atoms with E-state index in [2.05, 4.69) is 9.97 Å². The van der Waals surface area contributed by atoms with Gasteiger partial charge in [0.25, 0.3) is 0 Å². The van der Waals surface area contributed by atoms with Crippen LogP contribution in [0.15, 0.2) is 0 Å². The summed E-state index contributed by atoms with van der Waals surface area (Å²) < 4.78 is 0. The third-order valence-electron chi connectivity index (χ3n) is 2.22. The van der Waals surface area contributed by atoms with E-state index >= 15 is 0 Å². The van der Waals surface area contributed by atoms with E-state index in [4.69, 9.17) is 28.5 Å². The summed E-state index contributed by atoms with van der Waals surface area (Å²) in [6, 6.07) is 1.92. The molecule has 0 unspecified atom stereocenters. The van der Waals surface area contributed by atoms with Crippen molar-refractivity contribution in [2.45, 2.75) is 0 Å². The van der Waals surface area contributed by atoms with Gasteiger partial charge in [0, 0.05) is 24.6 Å². The zero-order valence-electron chi connectivity index (χ0n) is 8.28. The molecule has 0 saturated carbocycles. The van der Waals surface area contributed by atoms with Crippen LogP contribution in [0.1, 0.15) is 5.69 Å². The zero-order chi connectivity index (χ0) is 11.5. The Hall–Kier alpha value is -0.700. The summed E-state index contributed by atoms with van der Waals surface area (Å²) >= 11 is 13.7. The molecule has 0 bridgehead atoms. The molecule has 4 nitrogen and oxygen atoms in total. The molecule has 2 rings (SSSR count). The molecule has 1 aromatic heterocycles. The Morgan fingerprint density at radius 2 is 1.94 bits per heavy atom. The normalized spacial score (nSPS) is 15.9. The Kier molecular flexibility index (Phi) is 3.74. The third-order valence-corrected chi connectivity index (χ3v) is 3.68. The highest BCUT2D eigenvalue weighted by atomic mass is 35.5. The van der Waals surface area contributed by atoms with Crippen molar-refractivity contribution in [3.8, 4) is 6.07 Å². The van der Waals surface area contributed by atoms with Crippen molar-refractivity contribution in [1.82, 2.24) is 9.97 Å². The van der Waals surface area contributed by atoms with Gasteiger partial charge in [-0.1, -0.05) is 11.6 Å². The van der Waals surface area contributed by atoms with Gasteiger partial charge in [-0.3, -0.25) is 0 Å². The Balaban J connectivity index is 2.39. The molecular formula is C9H8Cl2N4S. The predicted octanol–water partition coefficient (Wildman–Crippen LogP) is 2.21. The first-order valence-corrected chi connectivity index (χ1v) is 6.59. The second-order valence-electron chi connectivity index (χ2n) is 3.19. The van der Waals surface area contributed by atoms with Crippen molar-refractivity contribution in [2.75, 3.05) is 29.5 Å². The van der Waals surface area contributed by atoms with Crippen molar-refractivity contribution in [3.63, 3.8) is 0 Å². The van der Waals surface area contributed by atoms with E-state index in [1.165, 1.54) is 0 Å². The first-order chi connectivity index (χ1) is 7.72. The lowest BCUT2D eigenvalue weighted by Gasteiger charge is -2.28. The van der Waals surface area contributed by atoms with Crippen LogP contribution in [0.2, 0.25) is 10.3 Å². The molecule has 0 aromatic carbocycles. The summed E-state index contributed by atoms with van der Waals surface area (Å²) in [4.78, 5) is 9.90. The SMILES string of the molecule is N#Cc1nc(Cl)nc(N2CCSCC2)c1Cl. The highest BCUT2D eigenvalue weighted by Crippen LogP contribution is 2.28. The number of hydrogen-bond donors (Lipinski definition) is 0. The van der Waals surface area contributed by atoms with Crippen LogP contribution < -0.4 is 4.90 Å². The van der Waals surface area contributed by atoms with Gasteiger partial charge < -0.3 is 4.90 Å². The maximum atomic E-state index is 8.86. The fraction of sp³-hybridized carbons (Fsp3) is 0.444. The molecule has 2 heterocycles. The van der Waals surface area contributed by atoms with Crippen molar-refractivity contribution in [3.05, 3.63) is 16.0 Å². The topological polar surface area (TPSA) is 52.8 Å². The molecule has 0 atom stereocenters. The van der Waals surface area contributed by atoms with E-state index in [-0.39, 0.29) is 11.0 Å². The van der Waals surface area contributed by atoms with Crippen LogP contribution in [0.25, 0.3) is 0 Å². The van der Waals surface area contributed by atoms with E-state index < -0.39 is 0 Å². The summed E-state index contributed by atoms with van der Waals surface area (Å²) in [6.07, 6.45) is 0. The van der Waals surface area contributed by atoms with Crippen LogP contribution in [0.3, 0.4) is 0 Å². The Morgan fingerprint density at radius 3 is 2.56 bits per heavy atom. The summed E-state index contributed by atoms with van der Waals surface area (Å²) in [5.41, 5.74) is 0.134. The fourth-order valence-corrected chi connectivity index (χ4v) is 2.78. The average Bonchev–Trinajstić information content (AvgIpc) is 2.33. The number of nitrogens with zero attached hydrogens (tertiary/aromatic N) is 4. The van der Waals surface area contributed by atoms with Crippen LogP contribution in [0.4, 0.5) is 5.82 Å². The maximum Gasteiger partial charge on any atom is 0.225 e. The average molecular weight is 275 g/mol. The number of halogens is 2. The fourth-order valence-electron chi connectivity index (χ4n) is 1.47. The minimum atomic E-state index is 0.0641. The molecule has 0 N–H and O–H groups in total. The number of thioether (sulfide) groups is 1. The van der Waals surface area contributed by atoms with E-state index in [0.717, 1.165) is 24.6 Å². The van der Waals surface area contributed by atoms with Crippen molar-refractivity contribution in [1.29, 1.82) is 5.26 Å². The Bertz CT molecular complexity index is 440. The van der Waals surface area contributed by atoms with E-state index in [1.54, 1.807) is 0 Å². The highest BCUT2D eigenvalue weighted by Gasteiger charge is 2.19.